The molecule has 1 N–H and O–H groups in total. The zero-order chi connectivity index (χ0) is 14.1. The highest BCUT2D eigenvalue weighted by atomic mass is 19.1. The number of rotatable bonds is 3. The van der Waals surface area contributed by atoms with Gasteiger partial charge < -0.3 is 10.1 Å². The topological polar surface area (TPSA) is 21.3 Å². The van der Waals surface area contributed by atoms with Crippen molar-refractivity contribution in [1.29, 1.82) is 0 Å². The number of hydrogen-bond donors (Lipinski definition) is 1. The van der Waals surface area contributed by atoms with E-state index >= 15 is 0 Å². The molecular formula is C17H18FNO. The Morgan fingerprint density at radius 3 is 2.75 bits per heavy atom. The van der Waals surface area contributed by atoms with Crippen molar-refractivity contribution in [2.45, 2.75) is 26.2 Å². The Morgan fingerprint density at radius 1 is 1.15 bits per heavy atom. The second kappa shape index (κ2) is 5.35. The first kappa shape index (κ1) is 13.3. The maximum Gasteiger partial charge on any atom is 0.131 e. The normalized spacial score (nSPS) is 15.2. The van der Waals surface area contributed by atoms with Crippen molar-refractivity contribution in [3.63, 3.8) is 0 Å². The summed E-state index contributed by atoms with van der Waals surface area (Å²) in [6.07, 6.45) is 0. The monoisotopic (exact) mass is 271 g/mol. The van der Waals surface area contributed by atoms with Crippen LogP contribution in [0.3, 0.4) is 0 Å². The van der Waals surface area contributed by atoms with E-state index in [0.29, 0.717) is 24.3 Å². The van der Waals surface area contributed by atoms with Gasteiger partial charge in [-0.1, -0.05) is 36.4 Å². The molecule has 0 aromatic heterocycles. The first-order valence-electron chi connectivity index (χ1n) is 6.82. The fraction of sp³-hybridized carbons (Fsp3) is 0.294. The predicted octanol–water partition coefficient (Wildman–Crippen LogP) is 3.47. The number of ether oxygens (including phenoxy) is 1. The van der Waals surface area contributed by atoms with E-state index in [-0.39, 0.29) is 11.9 Å². The number of nitrogens with one attached hydrogen (secondary N) is 1. The summed E-state index contributed by atoms with van der Waals surface area (Å²) in [5, 5.41) is 3.21. The summed E-state index contributed by atoms with van der Waals surface area (Å²) in [6.45, 7) is 3.12. The highest BCUT2D eigenvalue weighted by molar-refractivity contribution is 5.40. The van der Waals surface area contributed by atoms with Gasteiger partial charge in [0.05, 0.1) is 19.3 Å². The lowest BCUT2D eigenvalue weighted by Crippen LogP contribution is -2.19. The van der Waals surface area contributed by atoms with Crippen LogP contribution in [0.2, 0.25) is 0 Å². The van der Waals surface area contributed by atoms with E-state index in [1.807, 2.05) is 19.2 Å². The third-order valence-electron chi connectivity index (χ3n) is 3.90. The van der Waals surface area contributed by atoms with Crippen LogP contribution in [0.1, 0.15) is 33.9 Å². The SMILES string of the molecule is CNC(c1ccc2c(c1)COC2)c1cccc(C)c1F. The summed E-state index contributed by atoms with van der Waals surface area (Å²) in [7, 11) is 1.86. The molecule has 0 saturated heterocycles. The average molecular weight is 271 g/mol. The summed E-state index contributed by atoms with van der Waals surface area (Å²) in [4.78, 5) is 0. The Hall–Kier alpha value is -1.71. The smallest absolute Gasteiger partial charge is 0.131 e. The lowest BCUT2D eigenvalue weighted by atomic mass is 9.94. The van der Waals surface area contributed by atoms with Crippen molar-refractivity contribution < 1.29 is 9.13 Å². The molecule has 3 heteroatoms. The predicted molar refractivity (Wildman–Crippen MR) is 77.0 cm³/mol. The minimum absolute atomic E-state index is 0.136. The van der Waals surface area contributed by atoms with Crippen LogP contribution in [0.5, 0.6) is 0 Å². The highest BCUT2D eigenvalue weighted by Gasteiger charge is 2.19. The summed E-state index contributed by atoms with van der Waals surface area (Å²) in [5.41, 5.74) is 4.86. The van der Waals surface area contributed by atoms with Crippen LogP contribution in [0.4, 0.5) is 4.39 Å². The fourth-order valence-electron chi connectivity index (χ4n) is 2.77. The van der Waals surface area contributed by atoms with Crippen molar-refractivity contribution in [1.82, 2.24) is 5.32 Å². The zero-order valence-electron chi connectivity index (χ0n) is 11.7. The molecule has 0 amide bonds. The van der Waals surface area contributed by atoms with Crippen LogP contribution >= 0.6 is 0 Å². The molecule has 2 aromatic rings. The van der Waals surface area contributed by atoms with Crippen molar-refractivity contribution in [3.8, 4) is 0 Å². The van der Waals surface area contributed by atoms with Gasteiger partial charge in [-0.25, -0.2) is 4.39 Å². The Morgan fingerprint density at radius 2 is 1.95 bits per heavy atom. The number of benzene rings is 2. The average Bonchev–Trinajstić information content (AvgIpc) is 2.92. The van der Waals surface area contributed by atoms with Crippen molar-refractivity contribution in [2.75, 3.05) is 7.05 Å². The van der Waals surface area contributed by atoms with Gasteiger partial charge in [0.25, 0.3) is 0 Å². The molecule has 2 aromatic carbocycles. The second-order valence-electron chi connectivity index (χ2n) is 5.22. The molecule has 1 aliphatic heterocycles. The summed E-state index contributed by atoms with van der Waals surface area (Å²) < 4.78 is 19.8. The van der Waals surface area contributed by atoms with Gasteiger partial charge in [-0.05, 0) is 36.2 Å². The van der Waals surface area contributed by atoms with E-state index in [2.05, 4.69) is 23.5 Å². The number of halogens is 1. The molecule has 2 nitrogen and oxygen atoms in total. The van der Waals surface area contributed by atoms with Gasteiger partial charge >= 0.3 is 0 Å². The molecule has 1 heterocycles. The van der Waals surface area contributed by atoms with E-state index in [1.54, 1.807) is 13.0 Å². The molecule has 0 radical (unpaired) electrons. The van der Waals surface area contributed by atoms with E-state index in [1.165, 1.54) is 11.1 Å². The summed E-state index contributed by atoms with van der Waals surface area (Å²) in [5.74, 6) is -0.136. The van der Waals surface area contributed by atoms with Crippen LogP contribution in [0.15, 0.2) is 36.4 Å². The second-order valence-corrected chi connectivity index (χ2v) is 5.22. The lowest BCUT2D eigenvalue weighted by Gasteiger charge is -2.19. The Labute approximate surface area is 118 Å². The van der Waals surface area contributed by atoms with Gasteiger partial charge in [-0.2, -0.15) is 0 Å². The Bertz CT molecular complexity index is 639. The minimum Gasteiger partial charge on any atom is -0.372 e. The van der Waals surface area contributed by atoms with Gasteiger partial charge in [-0.15, -0.1) is 0 Å². The maximum atomic E-state index is 14.3. The number of fused-ring (bicyclic) bond motifs is 1. The molecule has 20 heavy (non-hydrogen) atoms. The highest BCUT2D eigenvalue weighted by Crippen LogP contribution is 2.29. The maximum absolute atomic E-state index is 14.3. The van der Waals surface area contributed by atoms with Crippen molar-refractivity contribution >= 4 is 0 Å². The molecule has 0 bridgehead atoms. The van der Waals surface area contributed by atoms with Crippen LogP contribution in [0.25, 0.3) is 0 Å². The van der Waals surface area contributed by atoms with Crippen LogP contribution in [-0.4, -0.2) is 7.05 Å². The summed E-state index contributed by atoms with van der Waals surface area (Å²) >= 11 is 0. The Balaban J connectivity index is 2.03. The molecule has 1 unspecified atom stereocenters. The van der Waals surface area contributed by atoms with E-state index < -0.39 is 0 Å². The molecule has 1 atom stereocenters. The standard InChI is InChI=1S/C17H18FNO/c1-11-4-3-5-15(16(11)18)17(19-2)12-6-7-13-9-20-10-14(13)8-12/h3-8,17,19H,9-10H2,1-2H3. The third-order valence-corrected chi connectivity index (χ3v) is 3.90. The van der Waals surface area contributed by atoms with Gasteiger partial charge in [0.2, 0.25) is 0 Å². The fourth-order valence-corrected chi connectivity index (χ4v) is 2.77. The molecule has 0 aliphatic carbocycles. The Kier molecular flexibility index (Phi) is 3.55. The zero-order valence-corrected chi connectivity index (χ0v) is 11.7. The van der Waals surface area contributed by atoms with Crippen molar-refractivity contribution in [2.24, 2.45) is 0 Å². The van der Waals surface area contributed by atoms with Gasteiger partial charge in [0, 0.05) is 5.56 Å². The quantitative estimate of drug-likeness (QED) is 0.923. The third kappa shape index (κ3) is 2.23. The largest absolute Gasteiger partial charge is 0.372 e. The van der Waals surface area contributed by atoms with Crippen LogP contribution in [-0.2, 0) is 18.0 Å². The molecule has 0 fully saturated rings. The summed E-state index contributed by atoms with van der Waals surface area (Å²) in [6, 6.07) is 11.6. The molecule has 3 rings (SSSR count). The molecule has 104 valence electrons. The van der Waals surface area contributed by atoms with E-state index in [4.69, 9.17) is 4.74 Å². The first-order chi connectivity index (χ1) is 9.70. The molecule has 1 aliphatic rings. The molecule has 0 spiro atoms. The molecule has 0 saturated carbocycles. The van der Waals surface area contributed by atoms with Crippen LogP contribution in [0, 0.1) is 12.7 Å². The first-order valence-corrected chi connectivity index (χ1v) is 6.82. The minimum atomic E-state index is -0.138. The number of hydrogen-bond acceptors (Lipinski definition) is 2. The van der Waals surface area contributed by atoms with Gasteiger partial charge in [-0.3, -0.25) is 0 Å². The number of aryl methyl sites for hydroxylation is 1. The van der Waals surface area contributed by atoms with Gasteiger partial charge in [0.15, 0.2) is 0 Å². The van der Waals surface area contributed by atoms with Crippen LogP contribution < -0.4 is 5.32 Å². The van der Waals surface area contributed by atoms with E-state index in [9.17, 15) is 4.39 Å². The van der Waals surface area contributed by atoms with E-state index in [0.717, 1.165) is 5.56 Å². The van der Waals surface area contributed by atoms with Crippen molar-refractivity contribution in [3.05, 3.63) is 70.0 Å². The molecular weight excluding hydrogens is 253 g/mol. The van der Waals surface area contributed by atoms with Gasteiger partial charge in [0.1, 0.15) is 5.82 Å². The lowest BCUT2D eigenvalue weighted by molar-refractivity contribution is 0.134.